The third-order valence-corrected chi connectivity index (χ3v) is 5.26. The molecule has 2 aromatic rings. The van der Waals surface area contributed by atoms with Crippen LogP contribution in [-0.4, -0.2) is 54.3 Å². The van der Waals surface area contributed by atoms with Crippen LogP contribution in [0.2, 0.25) is 0 Å². The summed E-state index contributed by atoms with van der Waals surface area (Å²) in [6.45, 7) is 0. The Morgan fingerprint density at radius 2 is 1.90 bits per heavy atom. The maximum absolute atomic E-state index is 11.7. The molecule has 9 heteroatoms. The van der Waals surface area contributed by atoms with E-state index >= 15 is 0 Å². The molecule has 0 spiro atoms. The van der Waals surface area contributed by atoms with E-state index in [-0.39, 0.29) is 5.97 Å². The van der Waals surface area contributed by atoms with Gasteiger partial charge in [0.25, 0.3) is 0 Å². The zero-order valence-electron chi connectivity index (χ0n) is 17.5. The van der Waals surface area contributed by atoms with Crippen LogP contribution >= 0.6 is 12.2 Å². The zero-order chi connectivity index (χ0) is 21.5. The fourth-order valence-electron chi connectivity index (χ4n) is 3.43. The van der Waals surface area contributed by atoms with Crippen molar-refractivity contribution in [1.82, 2.24) is 15.3 Å². The molecule has 0 saturated heterocycles. The molecule has 1 aromatic heterocycles. The van der Waals surface area contributed by atoms with Crippen LogP contribution in [-0.2, 0) is 4.74 Å². The van der Waals surface area contributed by atoms with Crippen LogP contribution in [0, 0.1) is 0 Å². The van der Waals surface area contributed by atoms with Gasteiger partial charge in [-0.25, -0.2) is 9.78 Å². The minimum absolute atomic E-state index is 0.306. The van der Waals surface area contributed by atoms with Crippen LogP contribution in [0.15, 0.2) is 36.5 Å². The lowest BCUT2D eigenvalue weighted by molar-refractivity contribution is 0.0601. The molecular weight excluding hydrogens is 400 g/mol. The van der Waals surface area contributed by atoms with Crippen LogP contribution in [0.4, 0.5) is 17.5 Å². The van der Waals surface area contributed by atoms with Crippen molar-refractivity contribution >= 4 is 40.8 Å². The number of carbonyl (C=O) groups excluding carboxylic acids is 1. The number of aromatic nitrogens is 2. The number of rotatable bonds is 6. The van der Waals surface area contributed by atoms with Crippen molar-refractivity contribution in [2.45, 2.75) is 37.8 Å². The Bertz CT molecular complexity index is 883. The predicted octanol–water partition coefficient (Wildman–Crippen LogP) is 3.04. The Balaban J connectivity index is 1.46. The molecule has 0 bridgehead atoms. The molecule has 1 saturated carbocycles. The Morgan fingerprint density at radius 1 is 1.17 bits per heavy atom. The largest absolute Gasteiger partial charge is 0.465 e. The van der Waals surface area contributed by atoms with E-state index in [9.17, 15) is 4.79 Å². The Kier molecular flexibility index (Phi) is 7.40. The van der Waals surface area contributed by atoms with E-state index in [0.717, 1.165) is 37.2 Å². The molecule has 30 heavy (non-hydrogen) atoms. The molecule has 0 atom stereocenters. The fraction of sp³-hybridized carbons (Fsp3) is 0.429. The highest BCUT2D eigenvalue weighted by atomic mass is 32.1. The van der Waals surface area contributed by atoms with Crippen molar-refractivity contribution in [1.29, 1.82) is 0 Å². The van der Waals surface area contributed by atoms with Crippen molar-refractivity contribution in [3.05, 3.63) is 42.1 Å². The average molecular weight is 429 g/mol. The molecule has 0 radical (unpaired) electrons. The lowest BCUT2D eigenvalue weighted by Crippen LogP contribution is -2.42. The molecule has 3 N–H and O–H groups in total. The topological polar surface area (TPSA) is 91.4 Å². The van der Waals surface area contributed by atoms with E-state index in [0.29, 0.717) is 28.7 Å². The van der Waals surface area contributed by atoms with Crippen LogP contribution < -0.4 is 20.9 Å². The summed E-state index contributed by atoms with van der Waals surface area (Å²) in [5.74, 6) is 1.18. The number of nitrogens with one attached hydrogen (secondary N) is 3. The van der Waals surface area contributed by atoms with Crippen molar-refractivity contribution in [3.8, 4) is 0 Å². The standard InChI is InChI=1S/C21H28N6O2S/c1-27(2)18-11-12-22-20(26-18)23-15-7-9-16(10-8-15)24-21(30)25-17-6-4-5-14(13-17)19(28)29-3/h4-6,11-13,15-16H,7-10H2,1-3H3,(H,22,23,26)(H2,24,25,30)/t15-,16+. The first kappa shape index (κ1) is 21.8. The number of nitrogens with zero attached hydrogens (tertiary/aromatic N) is 3. The minimum Gasteiger partial charge on any atom is -0.465 e. The first-order valence-electron chi connectivity index (χ1n) is 9.97. The van der Waals surface area contributed by atoms with Crippen molar-refractivity contribution in [3.63, 3.8) is 0 Å². The van der Waals surface area contributed by atoms with Gasteiger partial charge in [0.2, 0.25) is 5.95 Å². The highest BCUT2D eigenvalue weighted by Gasteiger charge is 2.22. The summed E-state index contributed by atoms with van der Waals surface area (Å²) in [6.07, 6.45) is 5.78. The van der Waals surface area contributed by atoms with Gasteiger partial charge in [0.05, 0.1) is 12.7 Å². The SMILES string of the molecule is COC(=O)c1cccc(NC(=S)N[C@H]2CC[C@@H](Nc3nccc(N(C)C)n3)CC2)c1. The van der Waals surface area contributed by atoms with Gasteiger partial charge < -0.3 is 25.6 Å². The number of methoxy groups -OCH3 is 1. The smallest absolute Gasteiger partial charge is 0.337 e. The van der Waals surface area contributed by atoms with Crippen LogP contribution in [0.1, 0.15) is 36.0 Å². The quantitative estimate of drug-likeness (QED) is 0.474. The minimum atomic E-state index is -0.372. The maximum Gasteiger partial charge on any atom is 0.337 e. The molecule has 1 heterocycles. The number of anilines is 3. The Hall–Kier alpha value is -2.94. The Morgan fingerprint density at radius 3 is 2.60 bits per heavy atom. The van der Waals surface area contributed by atoms with Gasteiger partial charge in [-0.3, -0.25) is 0 Å². The van der Waals surface area contributed by atoms with Crippen molar-refractivity contribution in [2.24, 2.45) is 0 Å². The van der Waals surface area contributed by atoms with Crippen LogP contribution in [0.5, 0.6) is 0 Å². The van der Waals surface area contributed by atoms with Gasteiger partial charge >= 0.3 is 5.97 Å². The molecule has 1 aliphatic carbocycles. The van der Waals surface area contributed by atoms with E-state index in [1.165, 1.54) is 7.11 Å². The van der Waals surface area contributed by atoms with E-state index in [1.807, 2.05) is 31.1 Å². The van der Waals surface area contributed by atoms with E-state index in [4.69, 9.17) is 17.0 Å². The number of thiocarbonyl (C=S) groups is 1. The molecule has 3 rings (SSSR count). The third-order valence-electron chi connectivity index (χ3n) is 5.04. The second-order valence-corrected chi connectivity index (χ2v) is 7.90. The van der Waals surface area contributed by atoms with Crippen LogP contribution in [0.3, 0.4) is 0 Å². The van der Waals surface area contributed by atoms with Gasteiger partial charge in [0.15, 0.2) is 5.11 Å². The molecule has 1 aromatic carbocycles. The summed E-state index contributed by atoms with van der Waals surface area (Å²) in [7, 11) is 5.29. The highest BCUT2D eigenvalue weighted by molar-refractivity contribution is 7.80. The highest BCUT2D eigenvalue weighted by Crippen LogP contribution is 2.22. The molecule has 1 fully saturated rings. The Labute approximate surface area is 182 Å². The van der Waals surface area contributed by atoms with Gasteiger partial charge in [0, 0.05) is 38.1 Å². The van der Waals surface area contributed by atoms with Gasteiger partial charge in [0.1, 0.15) is 5.82 Å². The maximum atomic E-state index is 11.7. The molecule has 160 valence electrons. The summed E-state index contributed by atoms with van der Waals surface area (Å²) in [6, 6.07) is 9.63. The lowest BCUT2D eigenvalue weighted by atomic mass is 9.91. The molecule has 0 unspecified atom stereocenters. The second-order valence-electron chi connectivity index (χ2n) is 7.50. The van der Waals surface area contributed by atoms with Crippen LogP contribution in [0.25, 0.3) is 0 Å². The summed E-state index contributed by atoms with van der Waals surface area (Å²) in [4.78, 5) is 22.5. The number of benzene rings is 1. The number of ether oxygens (including phenoxy) is 1. The van der Waals surface area contributed by atoms with Gasteiger partial charge in [-0.15, -0.1) is 0 Å². The third kappa shape index (κ3) is 6.03. The summed E-state index contributed by atoms with van der Waals surface area (Å²) < 4.78 is 4.76. The number of hydrogen-bond acceptors (Lipinski definition) is 7. The second kappa shape index (κ2) is 10.2. The molecule has 0 amide bonds. The molecule has 0 aliphatic heterocycles. The van der Waals surface area contributed by atoms with Crippen molar-refractivity contribution in [2.75, 3.05) is 36.7 Å². The van der Waals surface area contributed by atoms with Gasteiger partial charge in [-0.1, -0.05) is 6.07 Å². The molecular formula is C21H28N6O2S. The lowest BCUT2D eigenvalue weighted by Gasteiger charge is -2.30. The van der Waals surface area contributed by atoms with Gasteiger partial charge in [-0.05, 0) is 62.2 Å². The van der Waals surface area contributed by atoms with E-state index in [1.54, 1.807) is 24.4 Å². The number of esters is 1. The number of carbonyl (C=O) groups is 1. The van der Waals surface area contributed by atoms with Crippen molar-refractivity contribution < 1.29 is 9.53 Å². The summed E-state index contributed by atoms with van der Waals surface area (Å²) >= 11 is 5.45. The van der Waals surface area contributed by atoms with E-state index < -0.39 is 0 Å². The number of hydrogen-bond donors (Lipinski definition) is 3. The summed E-state index contributed by atoms with van der Waals surface area (Å²) in [5.41, 5.74) is 1.24. The summed E-state index contributed by atoms with van der Waals surface area (Å²) in [5, 5.41) is 10.5. The first-order valence-corrected chi connectivity index (χ1v) is 10.4. The monoisotopic (exact) mass is 428 g/mol. The zero-order valence-corrected chi connectivity index (χ0v) is 18.3. The average Bonchev–Trinajstić information content (AvgIpc) is 2.75. The predicted molar refractivity (Wildman–Crippen MR) is 123 cm³/mol. The fourth-order valence-corrected chi connectivity index (χ4v) is 3.71. The van der Waals surface area contributed by atoms with Gasteiger partial charge in [-0.2, -0.15) is 4.98 Å². The molecule has 1 aliphatic rings. The molecule has 8 nitrogen and oxygen atoms in total. The van der Waals surface area contributed by atoms with E-state index in [2.05, 4.69) is 25.9 Å². The first-order chi connectivity index (χ1) is 14.4. The normalized spacial score (nSPS) is 18.2.